The van der Waals surface area contributed by atoms with Gasteiger partial charge in [-0.05, 0) is 84.5 Å². The number of nitrogens with zero attached hydrogens (tertiary/aromatic N) is 3. The fraction of sp³-hybridized carbons (Fsp3) is 0.161. The van der Waals surface area contributed by atoms with Crippen LogP contribution in [0.2, 0.25) is 0 Å². The summed E-state index contributed by atoms with van der Waals surface area (Å²) in [5.41, 5.74) is 9.23. The number of pyridine rings is 1. The van der Waals surface area contributed by atoms with E-state index in [0.29, 0.717) is 12.1 Å². The molecule has 0 atom stereocenters. The van der Waals surface area contributed by atoms with E-state index in [1.54, 1.807) is 4.57 Å². The van der Waals surface area contributed by atoms with Crippen LogP contribution in [-0.4, -0.2) is 9.13 Å². The van der Waals surface area contributed by atoms with Crippen molar-refractivity contribution in [3.63, 3.8) is 0 Å². The molecule has 0 unspecified atom stereocenters. The Morgan fingerprint density at radius 3 is 2.37 bits per heavy atom. The highest BCUT2D eigenvalue weighted by Gasteiger charge is 2.16. The highest BCUT2D eigenvalue weighted by molar-refractivity contribution is 5.86. The second-order valence-electron chi connectivity index (χ2n) is 9.28. The molecular formula is C31H27N3O. The molecule has 4 nitrogen and oxygen atoms in total. The van der Waals surface area contributed by atoms with E-state index >= 15 is 0 Å². The smallest absolute Gasteiger partial charge is 0.257 e. The van der Waals surface area contributed by atoms with E-state index in [2.05, 4.69) is 84.1 Å². The zero-order valence-electron chi connectivity index (χ0n) is 20.5. The van der Waals surface area contributed by atoms with Gasteiger partial charge >= 0.3 is 0 Å². The summed E-state index contributed by atoms with van der Waals surface area (Å²) in [6, 6.07) is 25.1. The molecule has 5 rings (SSSR count). The van der Waals surface area contributed by atoms with Crippen LogP contribution >= 0.6 is 0 Å². The van der Waals surface area contributed by atoms with Gasteiger partial charge in [0.15, 0.2) is 0 Å². The fourth-order valence-corrected chi connectivity index (χ4v) is 4.80. The van der Waals surface area contributed by atoms with Gasteiger partial charge in [-0.3, -0.25) is 4.79 Å². The number of aromatic nitrogens is 2. The predicted molar refractivity (Wildman–Crippen MR) is 144 cm³/mol. The molecule has 2 heterocycles. The SMILES string of the molecule is [C-]#[N+]c1c(C)cc(-c2cccc(-c3ccc4c(ccn4C)c3)c2)n(Cc2ccc(C)cc2C)c1=O. The molecule has 0 saturated carbocycles. The first-order valence-electron chi connectivity index (χ1n) is 11.7. The maximum absolute atomic E-state index is 13.4. The minimum absolute atomic E-state index is 0.184. The molecule has 0 aliphatic heterocycles. The van der Waals surface area contributed by atoms with E-state index in [-0.39, 0.29) is 11.2 Å². The second-order valence-corrected chi connectivity index (χ2v) is 9.28. The highest BCUT2D eigenvalue weighted by atomic mass is 16.1. The summed E-state index contributed by atoms with van der Waals surface area (Å²) in [4.78, 5) is 17.0. The molecule has 0 N–H and O–H groups in total. The van der Waals surface area contributed by atoms with E-state index in [9.17, 15) is 4.79 Å². The summed E-state index contributed by atoms with van der Waals surface area (Å²) in [5, 5.41) is 1.19. The van der Waals surface area contributed by atoms with Gasteiger partial charge in [0.05, 0.1) is 13.1 Å². The Morgan fingerprint density at radius 2 is 1.60 bits per heavy atom. The molecule has 0 fully saturated rings. The van der Waals surface area contributed by atoms with Gasteiger partial charge in [-0.15, -0.1) is 0 Å². The molecule has 172 valence electrons. The Bertz CT molecular complexity index is 1700. The average molecular weight is 458 g/mol. The van der Waals surface area contributed by atoms with Gasteiger partial charge in [-0.1, -0.05) is 48.0 Å². The van der Waals surface area contributed by atoms with Crippen LogP contribution in [0, 0.1) is 27.3 Å². The van der Waals surface area contributed by atoms with Crippen LogP contribution in [0.4, 0.5) is 5.69 Å². The van der Waals surface area contributed by atoms with Gasteiger partial charge in [0.25, 0.3) is 11.2 Å². The van der Waals surface area contributed by atoms with Gasteiger partial charge < -0.3 is 9.13 Å². The fourth-order valence-electron chi connectivity index (χ4n) is 4.80. The van der Waals surface area contributed by atoms with E-state index in [0.717, 1.165) is 33.5 Å². The first-order valence-corrected chi connectivity index (χ1v) is 11.7. The minimum Gasteiger partial charge on any atom is -0.351 e. The molecular weight excluding hydrogens is 430 g/mol. The van der Waals surface area contributed by atoms with Gasteiger partial charge in [0, 0.05) is 29.8 Å². The summed E-state index contributed by atoms with van der Waals surface area (Å²) in [5.74, 6) is 0. The lowest BCUT2D eigenvalue weighted by Crippen LogP contribution is -2.23. The maximum atomic E-state index is 13.4. The standard InChI is InChI=1S/C31H27N3O/c1-20-9-10-27(21(2)15-20)19-34-29(16-22(3)30(32-4)31(34)35)25-8-6-7-23(17-25)24-11-12-28-26(18-24)13-14-33(28)5/h6-18H,19H2,1-3,5H3. The van der Waals surface area contributed by atoms with E-state index in [1.807, 2.05) is 32.2 Å². The number of aryl methyl sites for hydroxylation is 4. The quantitative estimate of drug-likeness (QED) is 0.263. The second kappa shape index (κ2) is 8.77. The van der Waals surface area contributed by atoms with Crippen molar-refractivity contribution in [1.82, 2.24) is 9.13 Å². The van der Waals surface area contributed by atoms with Crippen LogP contribution in [0.1, 0.15) is 22.3 Å². The van der Waals surface area contributed by atoms with Gasteiger partial charge in [0.2, 0.25) is 0 Å². The number of benzene rings is 3. The number of hydrogen-bond donors (Lipinski definition) is 0. The zero-order valence-corrected chi connectivity index (χ0v) is 20.5. The molecule has 0 radical (unpaired) electrons. The van der Waals surface area contributed by atoms with Crippen LogP contribution in [0.25, 0.3) is 38.1 Å². The third kappa shape index (κ3) is 4.06. The lowest BCUT2D eigenvalue weighted by atomic mass is 9.99. The first kappa shape index (κ1) is 22.4. The lowest BCUT2D eigenvalue weighted by molar-refractivity contribution is 0.765. The normalized spacial score (nSPS) is 11.1. The lowest BCUT2D eigenvalue weighted by Gasteiger charge is -2.18. The summed E-state index contributed by atoms with van der Waals surface area (Å²) in [7, 11) is 2.05. The van der Waals surface area contributed by atoms with Crippen molar-refractivity contribution in [3.8, 4) is 22.4 Å². The van der Waals surface area contributed by atoms with Gasteiger partial charge in [-0.2, -0.15) is 0 Å². The minimum atomic E-state index is -0.244. The van der Waals surface area contributed by atoms with E-state index in [4.69, 9.17) is 6.57 Å². The molecule has 2 aromatic heterocycles. The maximum Gasteiger partial charge on any atom is 0.257 e. The number of hydrogen-bond acceptors (Lipinski definition) is 1. The molecule has 0 aliphatic carbocycles. The van der Waals surface area contributed by atoms with Crippen LogP contribution in [0.15, 0.2) is 83.8 Å². The Labute approximate surface area is 205 Å². The monoisotopic (exact) mass is 457 g/mol. The Morgan fingerprint density at radius 1 is 0.829 bits per heavy atom. The van der Waals surface area contributed by atoms with Crippen molar-refractivity contribution >= 4 is 16.6 Å². The van der Waals surface area contributed by atoms with Crippen LogP contribution in [0.5, 0.6) is 0 Å². The molecule has 35 heavy (non-hydrogen) atoms. The molecule has 5 aromatic rings. The summed E-state index contributed by atoms with van der Waals surface area (Å²) < 4.78 is 3.86. The molecule has 0 amide bonds. The molecule has 0 spiro atoms. The molecule has 0 saturated heterocycles. The van der Waals surface area contributed by atoms with Crippen molar-refractivity contribution in [3.05, 3.63) is 123 Å². The van der Waals surface area contributed by atoms with Crippen LogP contribution < -0.4 is 5.56 Å². The highest BCUT2D eigenvalue weighted by Crippen LogP contribution is 2.30. The Balaban J connectivity index is 1.66. The average Bonchev–Trinajstić information content (AvgIpc) is 3.22. The van der Waals surface area contributed by atoms with Crippen molar-refractivity contribution in [2.75, 3.05) is 0 Å². The third-order valence-electron chi connectivity index (χ3n) is 6.78. The number of rotatable bonds is 4. The largest absolute Gasteiger partial charge is 0.351 e. The first-order chi connectivity index (χ1) is 16.9. The van der Waals surface area contributed by atoms with Crippen LogP contribution in [-0.2, 0) is 13.6 Å². The molecule has 4 heteroatoms. The zero-order chi connectivity index (χ0) is 24.7. The van der Waals surface area contributed by atoms with Crippen molar-refractivity contribution in [2.24, 2.45) is 7.05 Å². The van der Waals surface area contributed by atoms with Gasteiger partial charge in [0.1, 0.15) is 0 Å². The Hall–Kier alpha value is -4.36. The number of fused-ring (bicyclic) bond motifs is 1. The summed E-state index contributed by atoms with van der Waals surface area (Å²) >= 11 is 0. The predicted octanol–water partition coefficient (Wildman–Crippen LogP) is 7.20. The van der Waals surface area contributed by atoms with Crippen molar-refractivity contribution in [2.45, 2.75) is 27.3 Å². The Kier molecular flexibility index (Phi) is 5.62. The molecule has 0 bridgehead atoms. The van der Waals surface area contributed by atoms with E-state index < -0.39 is 0 Å². The topological polar surface area (TPSA) is 31.3 Å². The third-order valence-corrected chi connectivity index (χ3v) is 6.78. The van der Waals surface area contributed by atoms with Crippen molar-refractivity contribution < 1.29 is 0 Å². The van der Waals surface area contributed by atoms with Gasteiger partial charge in [-0.25, -0.2) is 4.85 Å². The van der Waals surface area contributed by atoms with E-state index in [1.165, 1.54) is 16.5 Å². The van der Waals surface area contributed by atoms with Crippen molar-refractivity contribution in [1.29, 1.82) is 0 Å². The molecule has 0 aliphatic rings. The van der Waals surface area contributed by atoms with Crippen LogP contribution in [0.3, 0.4) is 0 Å². The summed E-state index contributed by atoms with van der Waals surface area (Å²) in [6.07, 6.45) is 2.07. The summed E-state index contributed by atoms with van der Waals surface area (Å²) in [6.45, 7) is 14.0. The molecule has 3 aromatic carbocycles.